The van der Waals surface area contributed by atoms with Gasteiger partial charge in [0, 0.05) is 25.0 Å². The zero-order valence-electron chi connectivity index (χ0n) is 11.2. The van der Waals surface area contributed by atoms with E-state index in [1.165, 1.54) is 0 Å². The van der Waals surface area contributed by atoms with Gasteiger partial charge in [-0.15, -0.1) is 0 Å². The number of hydrogen-bond acceptors (Lipinski definition) is 5. The maximum absolute atomic E-state index is 5.41. The molecule has 2 heterocycles. The molecule has 0 radical (unpaired) electrons. The summed E-state index contributed by atoms with van der Waals surface area (Å²) in [6, 6.07) is 0.230. The Labute approximate surface area is 103 Å². The van der Waals surface area contributed by atoms with Crippen LogP contribution in [0.3, 0.4) is 0 Å². The monoisotopic (exact) mass is 238 g/mol. The molecule has 5 nitrogen and oxygen atoms in total. The number of rotatable bonds is 3. The predicted molar refractivity (Wildman–Crippen MR) is 65.9 cm³/mol. The van der Waals surface area contributed by atoms with Crippen LogP contribution in [-0.4, -0.2) is 41.7 Å². The van der Waals surface area contributed by atoms with Crippen molar-refractivity contribution in [3.8, 4) is 0 Å². The Bertz CT molecular complexity index is 374. The van der Waals surface area contributed by atoms with Crippen molar-refractivity contribution in [3.63, 3.8) is 0 Å². The summed E-state index contributed by atoms with van der Waals surface area (Å²) in [4.78, 5) is 6.84. The van der Waals surface area contributed by atoms with Crippen LogP contribution >= 0.6 is 0 Å². The van der Waals surface area contributed by atoms with Crippen molar-refractivity contribution in [3.05, 3.63) is 11.7 Å². The van der Waals surface area contributed by atoms with E-state index in [4.69, 9.17) is 4.52 Å². The van der Waals surface area contributed by atoms with E-state index in [1.807, 2.05) is 0 Å². The van der Waals surface area contributed by atoms with Gasteiger partial charge in [-0.2, -0.15) is 4.98 Å². The van der Waals surface area contributed by atoms with E-state index < -0.39 is 0 Å². The van der Waals surface area contributed by atoms with Gasteiger partial charge in [-0.25, -0.2) is 0 Å². The van der Waals surface area contributed by atoms with Crippen LogP contribution in [0.4, 0.5) is 0 Å². The maximum Gasteiger partial charge on any atom is 0.232 e. The molecule has 0 aromatic carbocycles. The Morgan fingerprint density at radius 2 is 2.29 bits per heavy atom. The van der Waals surface area contributed by atoms with Gasteiger partial charge in [0.05, 0.1) is 6.04 Å². The Morgan fingerprint density at radius 1 is 1.53 bits per heavy atom. The second-order valence-corrected chi connectivity index (χ2v) is 5.40. The molecule has 17 heavy (non-hydrogen) atoms. The molecule has 1 aliphatic heterocycles. The number of nitrogens with one attached hydrogen (secondary N) is 1. The third-order valence-electron chi connectivity index (χ3n) is 3.71. The minimum atomic E-state index is -0.0358. The van der Waals surface area contributed by atoms with Crippen molar-refractivity contribution in [1.82, 2.24) is 20.4 Å². The molecule has 0 aliphatic carbocycles. The highest BCUT2D eigenvalue weighted by molar-refractivity contribution is 5.04. The first-order valence-electron chi connectivity index (χ1n) is 6.29. The van der Waals surface area contributed by atoms with Gasteiger partial charge in [-0.05, 0) is 13.5 Å². The summed E-state index contributed by atoms with van der Waals surface area (Å²) in [5.41, 5.74) is -0.0358. The van der Waals surface area contributed by atoms with Gasteiger partial charge in [0.2, 0.25) is 5.89 Å². The maximum atomic E-state index is 5.41. The van der Waals surface area contributed by atoms with Gasteiger partial charge >= 0.3 is 0 Å². The largest absolute Gasteiger partial charge is 0.339 e. The summed E-state index contributed by atoms with van der Waals surface area (Å²) < 4.78 is 5.41. The van der Waals surface area contributed by atoms with Gasteiger partial charge in [0.1, 0.15) is 0 Å². The quantitative estimate of drug-likeness (QED) is 0.861. The van der Waals surface area contributed by atoms with Gasteiger partial charge in [0.25, 0.3) is 0 Å². The second-order valence-electron chi connectivity index (χ2n) is 5.40. The van der Waals surface area contributed by atoms with Crippen LogP contribution in [0.25, 0.3) is 0 Å². The smallest absolute Gasteiger partial charge is 0.232 e. The third-order valence-corrected chi connectivity index (χ3v) is 3.71. The SMILES string of the molecule is CCC(C)(C)c1nc(C2CNCCN2C)no1. The van der Waals surface area contributed by atoms with Crippen molar-refractivity contribution < 1.29 is 4.52 Å². The third kappa shape index (κ3) is 2.50. The minimum absolute atomic E-state index is 0.0358. The highest BCUT2D eigenvalue weighted by atomic mass is 16.5. The van der Waals surface area contributed by atoms with E-state index in [0.717, 1.165) is 37.8 Å². The fourth-order valence-electron chi connectivity index (χ4n) is 1.89. The van der Waals surface area contributed by atoms with E-state index in [2.05, 4.69) is 48.2 Å². The molecule has 1 saturated heterocycles. The molecule has 1 aromatic rings. The van der Waals surface area contributed by atoms with E-state index in [0.29, 0.717) is 0 Å². The molecular formula is C12H22N4O. The average molecular weight is 238 g/mol. The summed E-state index contributed by atoms with van der Waals surface area (Å²) in [5, 5.41) is 7.50. The lowest BCUT2D eigenvalue weighted by Crippen LogP contribution is -2.44. The number of aromatic nitrogens is 2. The predicted octanol–water partition coefficient (Wildman–Crippen LogP) is 1.33. The summed E-state index contributed by atoms with van der Waals surface area (Å²) >= 11 is 0. The molecule has 0 saturated carbocycles. The lowest BCUT2D eigenvalue weighted by Gasteiger charge is -2.30. The Hall–Kier alpha value is -0.940. The molecule has 96 valence electrons. The normalized spacial score (nSPS) is 22.9. The van der Waals surface area contributed by atoms with Crippen LogP contribution in [-0.2, 0) is 5.41 Å². The van der Waals surface area contributed by atoms with E-state index in [9.17, 15) is 0 Å². The molecule has 1 atom stereocenters. The first-order valence-corrected chi connectivity index (χ1v) is 6.29. The van der Waals surface area contributed by atoms with E-state index >= 15 is 0 Å². The molecule has 1 fully saturated rings. The molecule has 1 unspecified atom stereocenters. The van der Waals surface area contributed by atoms with Crippen molar-refractivity contribution in [1.29, 1.82) is 0 Å². The number of hydrogen-bond donors (Lipinski definition) is 1. The summed E-state index contributed by atoms with van der Waals surface area (Å²) in [6.07, 6.45) is 0.993. The van der Waals surface area contributed by atoms with Crippen LogP contribution in [0, 0.1) is 0 Å². The Kier molecular flexibility index (Phi) is 3.49. The highest BCUT2D eigenvalue weighted by Gasteiger charge is 2.30. The van der Waals surface area contributed by atoms with Crippen molar-refractivity contribution in [2.45, 2.75) is 38.6 Å². The fraction of sp³-hybridized carbons (Fsp3) is 0.833. The van der Waals surface area contributed by atoms with Crippen LogP contribution in [0.15, 0.2) is 4.52 Å². The zero-order chi connectivity index (χ0) is 12.5. The van der Waals surface area contributed by atoms with E-state index in [-0.39, 0.29) is 11.5 Å². The van der Waals surface area contributed by atoms with Gasteiger partial charge < -0.3 is 9.84 Å². The van der Waals surface area contributed by atoms with Crippen molar-refractivity contribution in [2.75, 3.05) is 26.7 Å². The first-order chi connectivity index (χ1) is 8.04. The second kappa shape index (κ2) is 4.74. The first kappa shape index (κ1) is 12.5. The lowest BCUT2D eigenvalue weighted by atomic mass is 9.90. The van der Waals surface area contributed by atoms with Crippen LogP contribution in [0.2, 0.25) is 0 Å². The van der Waals surface area contributed by atoms with Crippen molar-refractivity contribution >= 4 is 0 Å². The minimum Gasteiger partial charge on any atom is -0.339 e. The summed E-state index contributed by atoms with van der Waals surface area (Å²) in [7, 11) is 2.10. The fourth-order valence-corrected chi connectivity index (χ4v) is 1.89. The molecule has 1 aromatic heterocycles. The molecule has 0 amide bonds. The van der Waals surface area contributed by atoms with Crippen LogP contribution in [0.1, 0.15) is 44.9 Å². The molecule has 5 heteroatoms. The summed E-state index contributed by atoms with van der Waals surface area (Å²) in [6.45, 7) is 9.34. The number of likely N-dealkylation sites (N-methyl/N-ethyl adjacent to an activating group) is 1. The van der Waals surface area contributed by atoms with Gasteiger partial charge in [0.15, 0.2) is 5.82 Å². The van der Waals surface area contributed by atoms with Gasteiger partial charge in [-0.3, -0.25) is 4.90 Å². The molecule has 1 aliphatic rings. The molecule has 1 N–H and O–H groups in total. The zero-order valence-corrected chi connectivity index (χ0v) is 11.2. The number of piperazine rings is 1. The van der Waals surface area contributed by atoms with E-state index in [1.54, 1.807) is 0 Å². The standard InChI is InChI=1S/C12H22N4O/c1-5-12(2,3)11-14-10(15-17-11)9-8-13-6-7-16(9)4/h9,13H,5-8H2,1-4H3. The van der Waals surface area contributed by atoms with Gasteiger partial charge in [-0.1, -0.05) is 25.9 Å². The molecule has 2 rings (SSSR count). The van der Waals surface area contributed by atoms with Crippen LogP contribution in [0.5, 0.6) is 0 Å². The Morgan fingerprint density at radius 3 is 2.94 bits per heavy atom. The molecule has 0 spiro atoms. The van der Waals surface area contributed by atoms with Crippen LogP contribution < -0.4 is 5.32 Å². The molecular weight excluding hydrogens is 216 g/mol. The number of nitrogens with zero attached hydrogens (tertiary/aromatic N) is 3. The Balaban J connectivity index is 2.17. The topological polar surface area (TPSA) is 54.2 Å². The summed E-state index contributed by atoms with van der Waals surface area (Å²) in [5.74, 6) is 1.55. The highest BCUT2D eigenvalue weighted by Crippen LogP contribution is 2.27. The van der Waals surface area contributed by atoms with Crippen molar-refractivity contribution in [2.24, 2.45) is 0 Å². The average Bonchev–Trinajstić information content (AvgIpc) is 2.79. The molecule has 0 bridgehead atoms. The lowest BCUT2D eigenvalue weighted by molar-refractivity contribution is 0.190.